The standard InChI is InChI=1S/C12H20N2O/c1-9(2)7-14-8-10-4-5-11(13)6-12(10)15-3/h4-6,9,14H,7-8,13H2,1-3H3. The molecule has 0 saturated heterocycles. The Morgan fingerprint density at radius 1 is 1.40 bits per heavy atom. The molecule has 1 rings (SSSR count). The summed E-state index contributed by atoms with van der Waals surface area (Å²) in [4.78, 5) is 0. The van der Waals surface area contributed by atoms with Crippen LogP contribution in [0.5, 0.6) is 5.75 Å². The minimum absolute atomic E-state index is 0.657. The zero-order chi connectivity index (χ0) is 11.3. The Morgan fingerprint density at radius 2 is 2.13 bits per heavy atom. The van der Waals surface area contributed by atoms with Crippen LogP contribution in [-0.2, 0) is 6.54 Å². The molecule has 0 fully saturated rings. The highest BCUT2D eigenvalue weighted by molar-refractivity contribution is 5.48. The van der Waals surface area contributed by atoms with Crippen molar-refractivity contribution < 1.29 is 4.74 Å². The average Bonchev–Trinajstić information content (AvgIpc) is 2.19. The summed E-state index contributed by atoms with van der Waals surface area (Å²) < 4.78 is 5.26. The Kier molecular flexibility index (Phi) is 4.43. The summed E-state index contributed by atoms with van der Waals surface area (Å²) in [5.41, 5.74) is 7.56. The first kappa shape index (κ1) is 11.9. The largest absolute Gasteiger partial charge is 0.496 e. The third kappa shape index (κ3) is 3.80. The molecule has 0 heterocycles. The smallest absolute Gasteiger partial charge is 0.125 e. The van der Waals surface area contributed by atoms with Crippen LogP contribution in [0.4, 0.5) is 5.69 Å². The van der Waals surface area contributed by atoms with E-state index >= 15 is 0 Å². The van der Waals surface area contributed by atoms with Gasteiger partial charge in [-0.05, 0) is 18.5 Å². The van der Waals surface area contributed by atoms with Crippen molar-refractivity contribution in [3.63, 3.8) is 0 Å². The van der Waals surface area contributed by atoms with Crippen LogP contribution in [-0.4, -0.2) is 13.7 Å². The molecular formula is C12H20N2O. The third-order valence-corrected chi connectivity index (χ3v) is 2.18. The molecule has 0 aliphatic rings. The Bertz CT molecular complexity index is 310. The van der Waals surface area contributed by atoms with Crippen LogP contribution in [0.15, 0.2) is 18.2 Å². The average molecular weight is 208 g/mol. The van der Waals surface area contributed by atoms with E-state index in [-0.39, 0.29) is 0 Å². The number of benzene rings is 1. The summed E-state index contributed by atoms with van der Waals surface area (Å²) in [7, 11) is 1.67. The van der Waals surface area contributed by atoms with E-state index in [1.54, 1.807) is 7.11 Å². The molecule has 0 radical (unpaired) electrons. The molecule has 0 amide bonds. The van der Waals surface area contributed by atoms with Crippen molar-refractivity contribution in [3.8, 4) is 5.75 Å². The van der Waals surface area contributed by atoms with Gasteiger partial charge in [-0.2, -0.15) is 0 Å². The van der Waals surface area contributed by atoms with Gasteiger partial charge in [0.1, 0.15) is 5.75 Å². The van der Waals surface area contributed by atoms with Crippen LogP contribution in [0.25, 0.3) is 0 Å². The van der Waals surface area contributed by atoms with Crippen LogP contribution in [0.3, 0.4) is 0 Å². The summed E-state index contributed by atoms with van der Waals surface area (Å²) in [6.45, 7) is 6.20. The van der Waals surface area contributed by atoms with Crippen molar-refractivity contribution in [2.45, 2.75) is 20.4 Å². The lowest BCUT2D eigenvalue weighted by molar-refractivity contribution is 0.407. The summed E-state index contributed by atoms with van der Waals surface area (Å²) >= 11 is 0. The van der Waals surface area contributed by atoms with E-state index < -0.39 is 0 Å². The van der Waals surface area contributed by atoms with Gasteiger partial charge in [0, 0.05) is 23.9 Å². The Labute approximate surface area is 91.6 Å². The second kappa shape index (κ2) is 5.61. The number of methoxy groups -OCH3 is 1. The second-order valence-electron chi connectivity index (χ2n) is 4.10. The van der Waals surface area contributed by atoms with E-state index in [1.165, 1.54) is 0 Å². The first-order valence-electron chi connectivity index (χ1n) is 5.26. The van der Waals surface area contributed by atoms with Gasteiger partial charge < -0.3 is 15.8 Å². The van der Waals surface area contributed by atoms with Gasteiger partial charge in [-0.3, -0.25) is 0 Å². The number of nitrogens with one attached hydrogen (secondary N) is 1. The van der Waals surface area contributed by atoms with Gasteiger partial charge in [0.25, 0.3) is 0 Å². The number of ether oxygens (including phenoxy) is 1. The fourth-order valence-electron chi connectivity index (χ4n) is 1.40. The van der Waals surface area contributed by atoms with Gasteiger partial charge in [0.15, 0.2) is 0 Å². The summed E-state index contributed by atoms with van der Waals surface area (Å²) in [5.74, 6) is 1.51. The van der Waals surface area contributed by atoms with E-state index in [4.69, 9.17) is 10.5 Å². The van der Waals surface area contributed by atoms with Crippen LogP contribution >= 0.6 is 0 Å². The second-order valence-corrected chi connectivity index (χ2v) is 4.10. The predicted molar refractivity (Wildman–Crippen MR) is 64.0 cm³/mol. The number of nitrogen functional groups attached to an aromatic ring is 1. The number of rotatable bonds is 5. The predicted octanol–water partition coefficient (Wildman–Crippen LogP) is 2.02. The van der Waals surface area contributed by atoms with Crippen LogP contribution in [0, 0.1) is 5.92 Å². The molecule has 0 bridgehead atoms. The van der Waals surface area contributed by atoms with Crippen LogP contribution in [0.1, 0.15) is 19.4 Å². The van der Waals surface area contributed by atoms with Gasteiger partial charge in [-0.1, -0.05) is 19.9 Å². The Balaban J connectivity index is 2.60. The Morgan fingerprint density at radius 3 is 2.73 bits per heavy atom. The lowest BCUT2D eigenvalue weighted by Gasteiger charge is -2.11. The van der Waals surface area contributed by atoms with Crippen molar-refractivity contribution in [1.29, 1.82) is 0 Å². The lowest BCUT2D eigenvalue weighted by atomic mass is 10.1. The maximum absolute atomic E-state index is 5.68. The van der Waals surface area contributed by atoms with Gasteiger partial charge >= 0.3 is 0 Å². The highest BCUT2D eigenvalue weighted by Crippen LogP contribution is 2.21. The highest BCUT2D eigenvalue weighted by Gasteiger charge is 2.03. The minimum atomic E-state index is 0.657. The number of anilines is 1. The fourth-order valence-corrected chi connectivity index (χ4v) is 1.40. The molecule has 15 heavy (non-hydrogen) atoms. The minimum Gasteiger partial charge on any atom is -0.496 e. The summed E-state index contributed by atoms with van der Waals surface area (Å²) in [6.07, 6.45) is 0. The van der Waals surface area contributed by atoms with E-state index in [0.29, 0.717) is 5.92 Å². The monoisotopic (exact) mass is 208 g/mol. The summed E-state index contributed by atoms with van der Waals surface area (Å²) in [5, 5.41) is 3.37. The third-order valence-electron chi connectivity index (χ3n) is 2.18. The zero-order valence-electron chi connectivity index (χ0n) is 9.71. The van der Waals surface area contributed by atoms with Gasteiger partial charge in [0.2, 0.25) is 0 Å². The normalized spacial score (nSPS) is 10.7. The van der Waals surface area contributed by atoms with Crippen molar-refractivity contribution in [2.75, 3.05) is 19.4 Å². The van der Waals surface area contributed by atoms with Gasteiger partial charge in [-0.15, -0.1) is 0 Å². The molecule has 3 heteroatoms. The molecule has 0 aromatic heterocycles. The molecular weight excluding hydrogens is 188 g/mol. The molecule has 0 saturated carbocycles. The van der Waals surface area contributed by atoms with Crippen molar-refractivity contribution >= 4 is 5.69 Å². The van der Waals surface area contributed by atoms with E-state index in [2.05, 4.69) is 19.2 Å². The quantitative estimate of drug-likeness (QED) is 0.728. The van der Waals surface area contributed by atoms with Gasteiger partial charge in [0.05, 0.1) is 7.11 Å². The van der Waals surface area contributed by atoms with Crippen molar-refractivity contribution in [2.24, 2.45) is 5.92 Å². The number of hydrogen-bond donors (Lipinski definition) is 2. The molecule has 0 aliphatic carbocycles. The van der Waals surface area contributed by atoms with Gasteiger partial charge in [-0.25, -0.2) is 0 Å². The zero-order valence-corrected chi connectivity index (χ0v) is 9.71. The molecule has 0 aliphatic heterocycles. The molecule has 0 unspecified atom stereocenters. The number of nitrogens with two attached hydrogens (primary N) is 1. The van der Waals surface area contributed by atoms with E-state index in [9.17, 15) is 0 Å². The van der Waals surface area contributed by atoms with Crippen molar-refractivity contribution in [1.82, 2.24) is 5.32 Å². The molecule has 1 aromatic carbocycles. The number of hydrogen-bond acceptors (Lipinski definition) is 3. The molecule has 1 aromatic rings. The first-order valence-corrected chi connectivity index (χ1v) is 5.26. The van der Waals surface area contributed by atoms with Crippen molar-refractivity contribution in [3.05, 3.63) is 23.8 Å². The first-order chi connectivity index (χ1) is 7.13. The van der Waals surface area contributed by atoms with Crippen LogP contribution in [0.2, 0.25) is 0 Å². The van der Waals surface area contributed by atoms with Crippen LogP contribution < -0.4 is 15.8 Å². The SMILES string of the molecule is COc1cc(N)ccc1CNCC(C)C. The molecule has 0 spiro atoms. The van der Waals surface area contributed by atoms with E-state index in [1.807, 2.05) is 18.2 Å². The molecule has 3 N–H and O–H groups in total. The topological polar surface area (TPSA) is 47.3 Å². The summed E-state index contributed by atoms with van der Waals surface area (Å²) in [6, 6.07) is 5.75. The molecule has 0 atom stereocenters. The molecule has 3 nitrogen and oxygen atoms in total. The Hall–Kier alpha value is -1.22. The lowest BCUT2D eigenvalue weighted by Crippen LogP contribution is -2.19. The molecule has 84 valence electrons. The highest BCUT2D eigenvalue weighted by atomic mass is 16.5. The van der Waals surface area contributed by atoms with E-state index in [0.717, 1.165) is 30.1 Å². The maximum atomic E-state index is 5.68. The maximum Gasteiger partial charge on any atom is 0.125 e. The fraction of sp³-hybridized carbons (Fsp3) is 0.500.